The first-order valence-electron chi connectivity index (χ1n) is 6.39. The van der Waals surface area contributed by atoms with Gasteiger partial charge in [-0.25, -0.2) is 9.59 Å². The Morgan fingerprint density at radius 1 is 1.50 bits per heavy atom. The van der Waals surface area contributed by atoms with Gasteiger partial charge in [0.15, 0.2) is 0 Å². The predicted octanol–water partition coefficient (Wildman–Crippen LogP) is 1.78. The van der Waals surface area contributed by atoms with Crippen LogP contribution in [0.2, 0.25) is 0 Å². The van der Waals surface area contributed by atoms with Crippen molar-refractivity contribution in [3.05, 3.63) is 0 Å². The highest BCUT2D eigenvalue weighted by molar-refractivity contribution is 8.00. The van der Waals surface area contributed by atoms with E-state index in [-0.39, 0.29) is 12.1 Å². The second kappa shape index (κ2) is 6.87. The molecule has 0 aromatic heterocycles. The molecule has 5 nitrogen and oxygen atoms in total. The first kappa shape index (κ1) is 15.1. The van der Waals surface area contributed by atoms with Crippen molar-refractivity contribution in [1.29, 1.82) is 0 Å². The van der Waals surface area contributed by atoms with Gasteiger partial charge in [-0.05, 0) is 13.3 Å². The lowest BCUT2D eigenvalue weighted by Crippen LogP contribution is -2.55. The molecule has 1 aliphatic rings. The smallest absolute Gasteiger partial charge is 0.326 e. The molecule has 2 N–H and O–H groups in total. The highest BCUT2D eigenvalue weighted by Crippen LogP contribution is 2.24. The normalized spacial score (nSPS) is 25.6. The zero-order valence-electron chi connectivity index (χ0n) is 11.2. The number of urea groups is 1. The number of carboxylic acids is 1. The monoisotopic (exact) mass is 274 g/mol. The van der Waals surface area contributed by atoms with E-state index in [4.69, 9.17) is 5.11 Å². The van der Waals surface area contributed by atoms with Gasteiger partial charge in [-0.2, -0.15) is 11.8 Å². The zero-order valence-corrected chi connectivity index (χ0v) is 12.0. The number of hydrogen-bond donors (Lipinski definition) is 2. The number of carboxylic acid groups (broad SMARTS) is 1. The maximum Gasteiger partial charge on any atom is 0.326 e. The van der Waals surface area contributed by atoms with E-state index in [1.165, 1.54) is 0 Å². The number of rotatable bonds is 4. The van der Waals surface area contributed by atoms with Crippen molar-refractivity contribution in [2.75, 3.05) is 12.3 Å². The maximum atomic E-state index is 12.1. The Kier molecular flexibility index (Phi) is 5.78. The van der Waals surface area contributed by atoms with Crippen molar-refractivity contribution in [2.24, 2.45) is 0 Å². The van der Waals surface area contributed by atoms with E-state index in [2.05, 4.69) is 12.2 Å². The first-order chi connectivity index (χ1) is 8.47. The fourth-order valence-electron chi connectivity index (χ4n) is 2.00. The third-order valence-electron chi connectivity index (χ3n) is 3.32. The number of carbonyl (C=O) groups is 2. The summed E-state index contributed by atoms with van der Waals surface area (Å²) in [5.74, 6) is -0.0537. The van der Waals surface area contributed by atoms with Gasteiger partial charge in [0.25, 0.3) is 0 Å². The Balaban J connectivity index is 2.60. The molecule has 0 spiro atoms. The third-order valence-corrected chi connectivity index (χ3v) is 4.66. The van der Waals surface area contributed by atoms with E-state index in [0.29, 0.717) is 18.2 Å². The highest BCUT2D eigenvalue weighted by atomic mass is 32.2. The molecule has 0 radical (unpaired) electrons. The van der Waals surface area contributed by atoms with Gasteiger partial charge < -0.3 is 15.3 Å². The summed E-state index contributed by atoms with van der Waals surface area (Å²) in [7, 11) is 0. The molecule has 0 saturated carbocycles. The topological polar surface area (TPSA) is 69.6 Å². The molecule has 0 aliphatic carbocycles. The average molecular weight is 274 g/mol. The molecule has 1 heterocycles. The number of nitrogens with zero attached hydrogens (tertiary/aromatic N) is 1. The molecule has 0 aromatic rings. The number of aliphatic carboxylic acids is 1. The standard InChI is InChI=1S/C12H22N2O3S/c1-4-5-10(11(15)16)13-12(17)14-6-7-18-9(3)8(14)2/h8-10H,4-7H2,1-3H3,(H,13,17)(H,15,16)/t8?,9?,10-/m0/s1. The molecule has 3 atom stereocenters. The van der Waals surface area contributed by atoms with Gasteiger partial charge in [0.05, 0.1) is 0 Å². The number of nitrogens with one attached hydrogen (secondary N) is 1. The summed E-state index contributed by atoms with van der Waals surface area (Å²) in [6.45, 7) is 6.69. The molecule has 2 amide bonds. The van der Waals surface area contributed by atoms with E-state index < -0.39 is 12.0 Å². The molecule has 1 fully saturated rings. The lowest BCUT2D eigenvalue weighted by molar-refractivity contribution is -0.139. The number of amides is 2. The quantitative estimate of drug-likeness (QED) is 0.820. The molecule has 0 aromatic carbocycles. The van der Waals surface area contributed by atoms with Gasteiger partial charge in [-0.1, -0.05) is 20.3 Å². The minimum absolute atomic E-state index is 0.139. The molecular formula is C12H22N2O3S. The lowest BCUT2D eigenvalue weighted by atomic mass is 10.1. The molecule has 18 heavy (non-hydrogen) atoms. The van der Waals surface area contributed by atoms with Crippen LogP contribution in [0.4, 0.5) is 4.79 Å². The van der Waals surface area contributed by atoms with E-state index in [1.807, 2.05) is 25.6 Å². The van der Waals surface area contributed by atoms with Crippen molar-refractivity contribution in [1.82, 2.24) is 10.2 Å². The molecule has 104 valence electrons. The molecule has 1 aliphatic heterocycles. The molecule has 2 unspecified atom stereocenters. The van der Waals surface area contributed by atoms with Crippen LogP contribution in [0.1, 0.15) is 33.6 Å². The van der Waals surface area contributed by atoms with E-state index in [9.17, 15) is 9.59 Å². The summed E-state index contributed by atoms with van der Waals surface area (Å²) < 4.78 is 0. The fourth-order valence-corrected chi connectivity index (χ4v) is 3.10. The van der Waals surface area contributed by atoms with Crippen LogP contribution < -0.4 is 5.32 Å². The zero-order chi connectivity index (χ0) is 13.7. The van der Waals surface area contributed by atoms with Crippen molar-refractivity contribution in [2.45, 2.75) is 50.9 Å². The Hall–Kier alpha value is -0.910. The minimum atomic E-state index is -0.961. The van der Waals surface area contributed by atoms with Crippen LogP contribution in [-0.4, -0.2) is 51.6 Å². The van der Waals surface area contributed by atoms with Crippen LogP contribution in [0.3, 0.4) is 0 Å². The van der Waals surface area contributed by atoms with Crippen molar-refractivity contribution < 1.29 is 14.7 Å². The molecule has 0 bridgehead atoms. The summed E-state index contributed by atoms with van der Waals surface area (Å²) >= 11 is 1.84. The van der Waals surface area contributed by atoms with Gasteiger partial charge in [0, 0.05) is 23.6 Å². The Labute approximate surface area is 112 Å². The van der Waals surface area contributed by atoms with Crippen LogP contribution in [0.5, 0.6) is 0 Å². The van der Waals surface area contributed by atoms with Crippen molar-refractivity contribution in [3.8, 4) is 0 Å². The summed E-state index contributed by atoms with van der Waals surface area (Å²) in [4.78, 5) is 24.8. The van der Waals surface area contributed by atoms with E-state index in [1.54, 1.807) is 4.90 Å². The molecule has 1 saturated heterocycles. The van der Waals surface area contributed by atoms with Gasteiger partial charge in [0.2, 0.25) is 0 Å². The summed E-state index contributed by atoms with van der Waals surface area (Å²) in [6.07, 6.45) is 1.20. The van der Waals surface area contributed by atoms with Gasteiger partial charge in [0.1, 0.15) is 6.04 Å². The first-order valence-corrected chi connectivity index (χ1v) is 7.43. The van der Waals surface area contributed by atoms with Gasteiger partial charge in [-0.15, -0.1) is 0 Å². The maximum absolute atomic E-state index is 12.1. The molecule has 1 rings (SSSR count). The molecular weight excluding hydrogens is 252 g/mol. The highest BCUT2D eigenvalue weighted by Gasteiger charge is 2.30. The second-order valence-corrected chi connectivity index (χ2v) is 6.12. The number of thioether (sulfide) groups is 1. The third kappa shape index (κ3) is 3.80. The van der Waals surface area contributed by atoms with Gasteiger partial charge in [-0.3, -0.25) is 0 Å². The van der Waals surface area contributed by atoms with Crippen LogP contribution in [0.25, 0.3) is 0 Å². The van der Waals surface area contributed by atoms with Crippen LogP contribution in [-0.2, 0) is 4.79 Å². The summed E-state index contributed by atoms with van der Waals surface area (Å²) in [5.41, 5.74) is 0. The lowest BCUT2D eigenvalue weighted by Gasteiger charge is -2.37. The van der Waals surface area contributed by atoms with Crippen LogP contribution in [0, 0.1) is 0 Å². The fraction of sp³-hybridized carbons (Fsp3) is 0.833. The predicted molar refractivity (Wildman–Crippen MR) is 73.0 cm³/mol. The van der Waals surface area contributed by atoms with Gasteiger partial charge >= 0.3 is 12.0 Å². The van der Waals surface area contributed by atoms with E-state index in [0.717, 1.165) is 12.2 Å². The van der Waals surface area contributed by atoms with E-state index >= 15 is 0 Å². The minimum Gasteiger partial charge on any atom is -0.480 e. The summed E-state index contributed by atoms with van der Waals surface area (Å²) in [5, 5.41) is 12.0. The Bertz CT molecular complexity index is 312. The average Bonchev–Trinajstić information content (AvgIpc) is 2.31. The van der Waals surface area contributed by atoms with Crippen LogP contribution >= 0.6 is 11.8 Å². The Morgan fingerprint density at radius 3 is 2.72 bits per heavy atom. The van der Waals surface area contributed by atoms with Crippen LogP contribution in [0.15, 0.2) is 0 Å². The summed E-state index contributed by atoms with van der Waals surface area (Å²) in [6, 6.07) is -0.894. The number of carbonyl (C=O) groups excluding carboxylic acids is 1. The van der Waals surface area contributed by atoms with Crippen molar-refractivity contribution in [3.63, 3.8) is 0 Å². The Morgan fingerprint density at radius 2 is 2.17 bits per heavy atom. The second-order valence-electron chi connectivity index (χ2n) is 4.64. The SMILES string of the molecule is CCC[C@H](NC(=O)N1CCSC(C)C1C)C(=O)O. The number of hydrogen-bond acceptors (Lipinski definition) is 3. The molecule has 6 heteroatoms. The van der Waals surface area contributed by atoms with Crippen molar-refractivity contribution >= 4 is 23.8 Å². The largest absolute Gasteiger partial charge is 0.480 e.